The molecule has 0 aromatic carbocycles. The molecule has 1 atom stereocenters. The number of nitrogens with one attached hydrogen (secondary N) is 1. The van der Waals surface area contributed by atoms with Crippen LogP contribution >= 0.6 is 11.3 Å². The molecule has 0 radical (unpaired) electrons. The van der Waals surface area contributed by atoms with Gasteiger partial charge >= 0.3 is 6.18 Å². The maximum atomic E-state index is 12.8. The third-order valence-electron chi connectivity index (χ3n) is 3.06. The van der Waals surface area contributed by atoms with Crippen molar-refractivity contribution in [2.75, 3.05) is 6.54 Å². The molecule has 118 valence electrons. The largest absolute Gasteiger partial charge is 0.418 e. The fourth-order valence-electron chi connectivity index (χ4n) is 1.82. The molecular weight excluding hydrogens is 317 g/mol. The molecule has 1 unspecified atom stereocenters. The van der Waals surface area contributed by atoms with E-state index < -0.39 is 28.9 Å². The summed E-state index contributed by atoms with van der Waals surface area (Å²) in [5.41, 5.74) is -2.61. The van der Waals surface area contributed by atoms with Crippen molar-refractivity contribution in [2.45, 2.75) is 18.7 Å². The summed E-state index contributed by atoms with van der Waals surface area (Å²) in [6.45, 7) is 1.24. The van der Waals surface area contributed by atoms with Crippen molar-refractivity contribution in [1.82, 2.24) is 10.3 Å². The Kier molecular flexibility index (Phi) is 4.52. The highest BCUT2D eigenvalue weighted by molar-refractivity contribution is 7.08. The Morgan fingerprint density at radius 3 is 2.73 bits per heavy atom. The first-order valence-electron chi connectivity index (χ1n) is 6.27. The van der Waals surface area contributed by atoms with Gasteiger partial charge in [0.05, 0.1) is 12.1 Å². The molecule has 2 rings (SSSR count). The van der Waals surface area contributed by atoms with Crippen LogP contribution in [0.15, 0.2) is 35.2 Å². The number of thiophene rings is 1. The second kappa shape index (κ2) is 6.05. The number of hydrogen-bond donors (Lipinski definition) is 2. The molecule has 2 heterocycles. The van der Waals surface area contributed by atoms with Crippen molar-refractivity contribution < 1.29 is 23.1 Å². The van der Waals surface area contributed by atoms with Gasteiger partial charge in [-0.25, -0.2) is 0 Å². The maximum absolute atomic E-state index is 12.8. The summed E-state index contributed by atoms with van der Waals surface area (Å²) >= 11 is 1.37. The summed E-state index contributed by atoms with van der Waals surface area (Å²) in [5.74, 6) is -0.983. The summed E-state index contributed by atoms with van der Waals surface area (Å²) in [6.07, 6.45) is -3.56. The molecule has 2 N–H and O–H groups in total. The number of aromatic nitrogens is 1. The summed E-state index contributed by atoms with van der Waals surface area (Å²) in [7, 11) is 0. The van der Waals surface area contributed by atoms with Gasteiger partial charge < -0.3 is 10.4 Å². The van der Waals surface area contributed by atoms with E-state index >= 15 is 0 Å². The van der Waals surface area contributed by atoms with E-state index in [0.717, 1.165) is 18.3 Å². The molecular formula is C14H13F3N2O2S. The Hall–Kier alpha value is -1.93. The maximum Gasteiger partial charge on any atom is 0.418 e. The third-order valence-corrected chi connectivity index (χ3v) is 3.75. The second-order valence-electron chi connectivity index (χ2n) is 4.87. The number of nitrogens with zero attached hydrogens (tertiary/aromatic N) is 1. The van der Waals surface area contributed by atoms with E-state index in [2.05, 4.69) is 10.3 Å². The lowest BCUT2D eigenvalue weighted by molar-refractivity contribution is -0.138. The molecule has 0 fully saturated rings. The quantitative estimate of drug-likeness (QED) is 0.906. The van der Waals surface area contributed by atoms with Crippen molar-refractivity contribution in [1.29, 1.82) is 0 Å². The normalized spacial score (nSPS) is 14.4. The van der Waals surface area contributed by atoms with Gasteiger partial charge in [-0.1, -0.05) is 0 Å². The van der Waals surface area contributed by atoms with Gasteiger partial charge in [-0.05, 0) is 41.4 Å². The Morgan fingerprint density at radius 1 is 1.41 bits per heavy atom. The first kappa shape index (κ1) is 16.4. The van der Waals surface area contributed by atoms with E-state index in [-0.39, 0.29) is 6.54 Å². The number of halogens is 3. The standard InChI is InChI=1S/C14H13F3N2O2S/c1-13(21,9-4-6-22-7-9)8-19-12(20)11-10(14(15,16)17)3-2-5-18-11/h2-7,21H,8H2,1H3,(H,19,20). The fourth-order valence-corrected chi connectivity index (χ4v) is 2.61. The van der Waals surface area contributed by atoms with Gasteiger partial charge in [0.25, 0.3) is 5.91 Å². The zero-order valence-corrected chi connectivity index (χ0v) is 12.3. The lowest BCUT2D eigenvalue weighted by Gasteiger charge is -2.23. The van der Waals surface area contributed by atoms with E-state index in [0.29, 0.717) is 5.56 Å². The summed E-state index contributed by atoms with van der Waals surface area (Å²) in [5, 5.41) is 16.0. The third kappa shape index (κ3) is 3.63. The number of carbonyl (C=O) groups excluding carboxylic acids is 1. The topological polar surface area (TPSA) is 62.2 Å². The first-order valence-corrected chi connectivity index (χ1v) is 7.21. The number of hydrogen-bond acceptors (Lipinski definition) is 4. The monoisotopic (exact) mass is 330 g/mol. The zero-order chi connectivity index (χ0) is 16.4. The molecule has 0 aliphatic rings. The minimum atomic E-state index is -4.67. The number of amides is 1. The molecule has 2 aromatic rings. The van der Waals surface area contributed by atoms with Gasteiger partial charge in [0.15, 0.2) is 0 Å². The van der Waals surface area contributed by atoms with Crippen LogP contribution in [0.4, 0.5) is 13.2 Å². The van der Waals surface area contributed by atoms with Gasteiger partial charge in [0, 0.05) is 6.20 Å². The molecule has 0 spiro atoms. The lowest BCUT2D eigenvalue weighted by atomic mass is 9.99. The molecule has 22 heavy (non-hydrogen) atoms. The van der Waals surface area contributed by atoms with Crippen molar-refractivity contribution in [3.8, 4) is 0 Å². The SMILES string of the molecule is CC(O)(CNC(=O)c1ncccc1C(F)(F)F)c1ccsc1. The Bertz CT molecular complexity index is 654. The van der Waals surface area contributed by atoms with Gasteiger partial charge in [-0.3, -0.25) is 9.78 Å². The minimum Gasteiger partial charge on any atom is -0.384 e. The van der Waals surface area contributed by atoms with E-state index in [1.807, 2.05) is 0 Å². The molecule has 2 aromatic heterocycles. The van der Waals surface area contributed by atoms with Crippen LogP contribution in [0.3, 0.4) is 0 Å². The average Bonchev–Trinajstić information content (AvgIpc) is 2.99. The predicted molar refractivity (Wildman–Crippen MR) is 75.5 cm³/mol. The Balaban J connectivity index is 2.14. The van der Waals surface area contributed by atoms with E-state index in [9.17, 15) is 23.1 Å². The van der Waals surface area contributed by atoms with Gasteiger partial charge in [-0.15, -0.1) is 0 Å². The van der Waals surface area contributed by atoms with Crippen LogP contribution in [0.2, 0.25) is 0 Å². The minimum absolute atomic E-state index is 0.226. The number of pyridine rings is 1. The second-order valence-corrected chi connectivity index (χ2v) is 5.65. The number of aliphatic hydroxyl groups is 1. The Morgan fingerprint density at radius 2 is 2.14 bits per heavy atom. The van der Waals surface area contributed by atoms with Gasteiger partial charge in [0.1, 0.15) is 11.3 Å². The zero-order valence-electron chi connectivity index (χ0n) is 11.5. The molecule has 0 saturated heterocycles. The van der Waals surface area contributed by atoms with E-state index in [1.165, 1.54) is 18.3 Å². The smallest absolute Gasteiger partial charge is 0.384 e. The lowest BCUT2D eigenvalue weighted by Crippen LogP contribution is -2.39. The molecule has 0 saturated carbocycles. The molecule has 0 bridgehead atoms. The molecule has 8 heteroatoms. The van der Waals surface area contributed by atoms with Crippen LogP contribution in [0, 0.1) is 0 Å². The van der Waals surface area contributed by atoms with E-state index in [1.54, 1.807) is 16.8 Å². The van der Waals surface area contributed by atoms with Crippen LogP contribution in [0.25, 0.3) is 0 Å². The van der Waals surface area contributed by atoms with Crippen molar-refractivity contribution in [2.24, 2.45) is 0 Å². The van der Waals surface area contributed by atoms with Crippen LogP contribution in [0.5, 0.6) is 0 Å². The van der Waals surface area contributed by atoms with Crippen molar-refractivity contribution >= 4 is 17.2 Å². The van der Waals surface area contributed by atoms with Gasteiger partial charge in [-0.2, -0.15) is 24.5 Å². The summed E-state index contributed by atoms with van der Waals surface area (Å²) in [6, 6.07) is 3.58. The van der Waals surface area contributed by atoms with Crippen molar-refractivity contribution in [3.05, 3.63) is 52.0 Å². The highest BCUT2D eigenvalue weighted by atomic mass is 32.1. The summed E-state index contributed by atoms with van der Waals surface area (Å²) < 4.78 is 38.5. The highest BCUT2D eigenvalue weighted by Crippen LogP contribution is 2.31. The predicted octanol–water partition coefficient (Wildman–Crippen LogP) is 2.80. The summed E-state index contributed by atoms with van der Waals surface area (Å²) in [4.78, 5) is 15.4. The average molecular weight is 330 g/mol. The first-order chi connectivity index (χ1) is 10.2. The van der Waals surface area contributed by atoms with Crippen LogP contribution in [-0.2, 0) is 11.8 Å². The highest BCUT2D eigenvalue weighted by Gasteiger charge is 2.36. The van der Waals surface area contributed by atoms with Crippen molar-refractivity contribution in [3.63, 3.8) is 0 Å². The van der Waals surface area contributed by atoms with E-state index in [4.69, 9.17) is 0 Å². The van der Waals surface area contributed by atoms with Gasteiger partial charge in [0.2, 0.25) is 0 Å². The molecule has 4 nitrogen and oxygen atoms in total. The number of carbonyl (C=O) groups is 1. The van der Waals surface area contributed by atoms with Crippen LogP contribution < -0.4 is 5.32 Å². The molecule has 0 aliphatic carbocycles. The molecule has 0 aliphatic heterocycles. The Labute approximate surface area is 128 Å². The van der Waals surface area contributed by atoms with Crippen LogP contribution in [-0.4, -0.2) is 22.5 Å². The fraction of sp³-hybridized carbons (Fsp3) is 0.286. The number of rotatable bonds is 4. The van der Waals surface area contributed by atoms with Crippen LogP contribution in [0.1, 0.15) is 28.5 Å². The molecule has 1 amide bonds. The number of alkyl halides is 3.